The van der Waals surface area contributed by atoms with E-state index in [2.05, 4.69) is 10.6 Å². The van der Waals surface area contributed by atoms with Crippen LogP contribution in [0.1, 0.15) is 33.1 Å². The molecular formula is C12H24N2O2. The SMILES string of the molecule is CCNCC(C)C(=O)NCC1CCC(O)C1. The monoisotopic (exact) mass is 228 g/mol. The summed E-state index contributed by atoms with van der Waals surface area (Å²) in [6, 6.07) is 0. The molecule has 1 amide bonds. The number of aliphatic hydroxyl groups is 1. The molecule has 3 N–H and O–H groups in total. The third-order valence-corrected chi connectivity index (χ3v) is 3.23. The molecule has 16 heavy (non-hydrogen) atoms. The molecule has 3 unspecified atom stereocenters. The van der Waals surface area contributed by atoms with Crippen molar-refractivity contribution >= 4 is 5.91 Å². The molecule has 1 saturated carbocycles. The number of rotatable bonds is 6. The number of hydrogen-bond donors (Lipinski definition) is 3. The van der Waals surface area contributed by atoms with Gasteiger partial charge in [-0.3, -0.25) is 4.79 Å². The molecular weight excluding hydrogens is 204 g/mol. The van der Waals surface area contributed by atoms with Crippen LogP contribution in [0.25, 0.3) is 0 Å². The van der Waals surface area contributed by atoms with Crippen LogP contribution in [0.2, 0.25) is 0 Å². The van der Waals surface area contributed by atoms with Gasteiger partial charge in [0, 0.05) is 19.0 Å². The molecule has 1 aliphatic rings. The van der Waals surface area contributed by atoms with E-state index in [1.165, 1.54) is 0 Å². The average Bonchev–Trinajstić information content (AvgIpc) is 2.68. The molecule has 94 valence electrons. The van der Waals surface area contributed by atoms with Crippen molar-refractivity contribution < 1.29 is 9.90 Å². The summed E-state index contributed by atoms with van der Waals surface area (Å²) in [5, 5.41) is 15.5. The van der Waals surface area contributed by atoms with Gasteiger partial charge in [0.05, 0.1) is 6.10 Å². The van der Waals surface area contributed by atoms with E-state index < -0.39 is 0 Å². The lowest BCUT2D eigenvalue weighted by molar-refractivity contribution is -0.124. The predicted octanol–water partition coefficient (Wildman–Crippen LogP) is 0.509. The predicted molar refractivity (Wildman–Crippen MR) is 64.1 cm³/mol. The Morgan fingerprint density at radius 1 is 1.50 bits per heavy atom. The number of aliphatic hydroxyl groups excluding tert-OH is 1. The minimum atomic E-state index is -0.152. The molecule has 0 bridgehead atoms. The van der Waals surface area contributed by atoms with E-state index in [-0.39, 0.29) is 17.9 Å². The van der Waals surface area contributed by atoms with E-state index in [0.29, 0.717) is 12.5 Å². The zero-order chi connectivity index (χ0) is 12.0. The van der Waals surface area contributed by atoms with E-state index in [1.54, 1.807) is 0 Å². The second kappa shape index (κ2) is 6.86. The van der Waals surface area contributed by atoms with Crippen molar-refractivity contribution in [1.82, 2.24) is 10.6 Å². The topological polar surface area (TPSA) is 61.4 Å². The van der Waals surface area contributed by atoms with Gasteiger partial charge < -0.3 is 15.7 Å². The molecule has 3 atom stereocenters. The highest BCUT2D eigenvalue weighted by Gasteiger charge is 2.23. The molecule has 0 saturated heterocycles. The van der Waals surface area contributed by atoms with Crippen LogP contribution in [0, 0.1) is 11.8 Å². The van der Waals surface area contributed by atoms with Crippen molar-refractivity contribution in [2.24, 2.45) is 11.8 Å². The molecule has 4 heteroatoms. The van der Waals surface area contributed by atoms with Gasteiger partial charge >= 0.3 is 0 Å². The van der Waals surface area contributed by atoms with Crippen LogP contribution in [0.4, 0.5) is 0 Å². The standard InChI is InChI=1S/C12H24N2O2/c1-3-13-7-9(2)12(16)14-8-10-4-5-11(15)6-10/h9-11,13,15H,3-8H2,1-2H3,(H,14,16). The first kappa shape index (κ1) is 13.5. The first-order chi connectivity index (χ1) is 7.63. The lowest BCUT2D eigenvalue weighted by atomic mass is 10.1. The summed E-state index contributed by atoms with van der Waals surface area (Å²) in [6.07, 6.45) is 2.60. The lowest BCUT2D eigenvalue weighted by Gasteiger charge is -2.15. The molecule has 1 fully saturated rings. The molecule has 0 aliphatic heterocycles. The zero-order valence-corrected chi connectivity index (χ0v) is 10.3. The third-order valence-electron chi connectivity index (χ3n) is 3.23. The second-order valence-electron chi connectivity index (χ2n) is 4.79. The largest absolute Gasteiger partial charge is 0.393 e. The first-order valence-corrected chi connectivity index (χ1v) is 6.30. The molecule has 1 rings (SSSR count). The van der Waals surface area contributed by atoms with Crippen molar-refractivity contribution in [3.63, 3.8) is 0 Å². The molecule has 0 aromatic heterocycles. The van der Waals surface area contributed by atoms with Crippen molar-refractivity contribution in [2.45, 2.75) is 39.2 Å². The van der Waals surface area contributed by atoms with Gasteiger partial charge in [0.2, 0.25) is 5.91 Å². The fourth-order valence-electron chi connectivity index (χ4n) is 2.11. The quantitative estimate of drug-likeness (QED) is 0.621. The van der Waals surface area contributed by atoms with Gasteiger partial charge in [-0.2, -0.15) is 0 Å². The summed E-state index contributed by atoms with van der Waals surface area (Å²) in [7, 11) is 0. The normalized spacial score (nSPS) is 26.7. The smallest absolute Gasteiger partial charge is 0.224 e. The molecule has 0 aromatic rings. The maximum atomic E-state index is 11.7. The van der Waals surface area contributed by atoms with Gasteiger partial charge in [-0.15, -0.1) is 0 Å². The zero-order valence-electron chi connectivity index (χ0n) is 10.3. The Kier molecular flexibility index (Phi) is 5.77. The molecule has 0 heterocycles. The molecule has 0 radical (unpaired) electrons. The minimum Gasteiger partial charge on any atom is -0.393 e. The van der Waals surface area contributed by atoms with Crippen LogP contribution in [0.3, 0.4) is 0 Å². The van der Waals surface area contributed by atoms with Crippen molar-refractivity contribution in [3.8, 4) is 0 Å². The molecule has 0 aromatic carbocycles. The molecule has 4 nitrogen and oxygen atoms in total. The maximum absolute atomic E-state index is 11.7. The van der Waals surface area contributed by atoms with Crippen LogP contribution in [0.5, 0.6) is 0 Å². The Morgan fingerprint density at radius 2 is 2.25 bits per heavy atom. The fourth-order valence-corrected chi connectivity index (χ4v) is 2.11. The average molecular weight is 228 g/mol. The van der Waals surface area contributed by atoms with Crippen LogP contribution < -0.4 is 10.6 Å². The van der Waals surface area contributed by atoms with Crippen molar-refractivity contribution in [3.05, 3.63) is 0 Å². The number of carbonyl (C=O) groups is 1. The number of nitrogens with one attached hydrogen (secondary N) is 2. The van der Waals surface area contributed by atoms with E-state index >= 15 is 0 Å². The maximum Gasteiger partial charge on any atom is 0.224 e. The third kappa shape index (κ3) is 4.49. The highest BCUT2D eigenvalue weighted by atomic mass is 16.3. The van der Waals surface area contributed by atoms with Gasteiger partial charge in [-0.25, -0.2) is 0 Å². The Bertz CT molecular complexity index is 221. The first-order valence-electron chi connectivity index (χ1n) is 6.30. The number of carbonyl (C=O) groups excluding carboxylic acids is 1. The van der Waals surface area contributed by atoms with Crippen LogP contribution in [-0.2, 0) is 4.79 Å². The van der Waals surface area contributed by atoms with E-state index in [1.807, 2.05) is 13.8 Å². The Hall–Kier alpha value is -0.610. The summed E-state index contributed by atoms with van der Waals surface area (Å²) in [5.74, 6) is 0.596. The van der Waals surface area contributed by atoms with Crippen LogP contribution in [0.15, 0.2) is 0 Å². The highest BCUT2D eigenvalue weighted by molar-refractivity contribution is 5.78. The summed E-state index contributed by atoms with van der Waals surface area (Å²) in [6.45, 7) is 6.31. The van der Waals surface area contributed by atoms with Gasteiger partial charge in [0.15, 0.2) is 0 Å². The Balaban J connectivity index is 2.14. The van der Waals surface area contributed by atoms with Crippen LogP contribution >= 0.6 is 0 Å². The second-order valence-corrected chi connectivity index (χ2v) is 4.79. The summed E-state index contributed by atoms with van der Waals surface area (Å²) >= 11 is 0. The Labute approximate surface area is 97.8 Å². The van der Waals surface area contributed by atoms with E-state index in [4.69, 9.17) is 0 Å². The van der Waals surface area contributed by atoms with Crippen molar-refractivity contribution in [1.29, 1.82) is 0 Å². The summed E-state index contributed by atoms with van der Waals surface area (Å²) in [5.41, 5.74) is 0. The fraction of sp³-hybridized carbons (Fsp3) is 0.917. The van der Waals surface area contributed by atoms with Gasteiger partial charge in [0.25, 0.3) is 0 Å². The van der Waals surface area contributed by atoms with Gasteiger partial charge in [-0.05, 0) is 31.7 Å². The van der Waals surface area contributed by atoms with Crippen molar-refractivity contribution in [2.75, 3.05) is 19.6 Å². The highest BCUT2D eigenvalue weighted by Crippen LogP contribution is 2.24. The van der Waals surface area contributed by atoms with E-state index in [9.17, 15) is 9.90 Å². The summed E-state index contributed by atoms with van der Waals surface area (Å²) in [4.78, 5) is 11.7. The number of amides is 1. The number of hydrogen-bond acceptors (Lipinski definition) is 3. The lowest BCUT2D eigenvalue weighted by Crippen LogP contribution is -2.37. The molecule has 0 spiro atoms. The Morgan fingerprint density at radius 3 is 2.81 bits per heavy atom. The van der Waals surface area contributed by atoms with Crippen LogP contribution in [-0.4, -0.2) is 36.8 Å². The van der Waals surface area contributed by atoms with E-state index in [0.717, 1.165) is 32.4 Å². The molecule has 1 aliphatic carbocycles. The van der Waals surface area contributed by atoms with Gasteiger partial charge in [0.1, 0.15) is 0 Å². The van der Waals surface area contributed by atoms with Gasteiger partial charge in [-0.1, -0.05) is 13.8 Å². The summed E-state index contributed by atoms with van der Waals surface area (Å²) < 4.78 is 0. The minimum absolute atomic E-state index is 0.0197.